The maximum atomic E-state index is 11.7. The van der Waals surface area contributed by atoms with Crippen LogP contribution < -0.4 is 5.32 Å². The molecule has 4 heteroatoms. The molecule has 0 bridgehead atoms. The summed E-state index contributed by atoms with van der Waals surface area (Å²) in [5.41, 5.74) is 0. The van der Waals surface area contributed by atoms with Crippen molar-refractivity contribution in [1.29, 1.82) is 0 Å². The van der Waals surface area contributed by atoms with E-state index in [4.69, 9.17) is 6.42 Å². The number of terminal acetylenes is 1. The topological polar surface area (TPSA) is 49.4 Å². The first kappa shape index (κ1) is 11.6. The molecule has 1 atom stereocenters. The van der Waals surface area contributed by atoms with Gasteiger partial charge in [0.25, 0.3) is 5.91 Å². The number of rotatable bonds is 5. The number of hydrogen-bond donors (Lipinski definition) is 1. The van der Waals surface area contributed by atoms with Crippen LogP contribution in [0.25, 0.3) is 0 Å². The van der Waals surface area contributed by atoms with Crippen molar-refractivity contribution >= 4 is 11.9 Å². The first-order chi connectivity index (χ1) is 7.20. The third kappa shape index (κ3) is 2.72. The molecule has 1 rings (SSSR count). The quantitative estimate of drug-likeness (QED) is 0.418. The highest BCUT2D eigenvalue weighted by atomic mass is 16.2. The van der Waals surface area contributed by atoms with Gasteiger partial charge in [0.1, 0.15) is 6.04 Å². The number of hydrogen-bond acceptors (Lipinski definition) is 2. The summed E-state index contributed by atoms with van der Waals surface area (Å²) in [4.78, 5) is 24.4. The van der Waals surface area contributed by atoms with Crippen molar-refractivity contribution in [2.75, 3.05) is 6.54 Å². The van der Waals surface area contributed by atoms with Gasteiger partial charge in [0.05, 0.1) is 0 Å². The van der Waals surface area contributed by atoms with Gasteiger partial charge in [0.2, 0.25) is 0 Å². The molecular formula is C11H16N2O2. The lowest BCUT2D eigenvalue weighted by Gasteiger charge is -2.11. The van der Waals surface area contributed by atoms with Crippen LogP contribution in [0.3, 0.4) is 0 Å². The fourth-order valence-electron chi connectivity index (χ4n) is 1.61. The molecule has 1 heterocycles. The van der Waals surface area contributed by atoms with Gasteiger partial charge in [-0.3, -0.25) is 9.69 Å². The van der Waals surface area contributed by atoms with Gasteiger partial charge < -0.3 is 5.32 Å². The van der Waals surface area contributed by atoms with E-state index in [1.54, 1.807) is 0 Å². The highest BCUT2D eigenvalue weighted by Gasteiger charge is 2.36. The molecule has 82 valence electrons. The summed E-state index contributed by atoms with van der Waals surface area (Å²) in [6.07, 6.45) is 7.96. The van der Waals surface area contributed by atoms with Crippen molar-refractivity contribution in [2.45, 2.75) is 38.6 Å². The van der Waals surface area contributed by atoms with Gasteiger partial charge in [-0.05, 0) is 12.8 Å². The summed E-state index contributed by atoms with van der Waals surface area (Å²) in [5, 5.41) is 2.67. The summed E-state index contributed by atoms with van der Waals surface area (Å²) < 4.78 is 0. The Bertz CT molecular complexity index is 293. The maximum absolute atomic E-state index is 11.7. The van der Waals surface area contributed by atoms with E-state index >= 15 is 0 Å². The van der Waals surface area contributed by atoms with E-state index in [1.165, 1.54) is 4.90 Å². The average molecular weight is 208 g/mol. The number of carbonyl (C=O) groups is 2. The second-order valence-electron chi connectivity index (χ2n) is 3.59. The van der Waals surface area contributed by atoms with Crippen LogP contribution in [0.5, 0.6) is 0 Å². The molecule has 1 N–H and O–H groups in total. The Kier molecular flexibility index (Phi) is 4.17. The molecule has 0 aromatic heterocycles. The normalized spacial score (nSPS) is 20.3. The van der Waals surface area contributed by atoms with Crippen molar-refractivity contribution < 1.29 is 9.59 Å². The largest absolute Gasteiger partial charge is 0.326 e. The number of urea groups is 1. The van der Waals surface area contributed by atoms with E-state index in [0.717, 1.165) is 6.42 Å². The highest BCUT2D eigenvalue weighted by Crippen LogP contribution is 2.11. The van der Waals surface area contributed by atoms with Gasteiger partial charge in [0.15, 0.2) is 0 Å². The van der Waals surface area contributed by atoms with Crippen LogP contribution >= 0.6 is 0 Å². The zero-order valence-electron chi connectivity index (χ0n) is 8.95. The van der Waals surface area contributed by atoms with Gasteiger partial charge >= 0.3 is 6.03 Å². The predicted octanol–water partition coefficient (Wildman–Crippen LogP) is 1.12. The molecule has 15 heavy (non-hydrogen) atoms. The maximum Gasteiger partial charge on any atom is 0.324 e. The summed E-state index contributed by atoms with van der Waals surface area (Å²) >= 11 is 0. The van der Waals surface area contributed by atoms with E-state index in [-0.39, 0.29) is 18.0 Å². The van der Waals surface area contributed by atoms with E-state index < -0.39 is 0 Å². The number of amides is 3. The van der Waals surface area contributed by atoms with E-state index in [1.807, 2.05) is 6.92 Å². The fourth-order valence-corrected chi connectivity index (χ4v) is 1.61. The SMILES string of the molecule is C#CCCCN1C(=O)NC(CCC)C1=O. The van der Waals surface area contributed by atoms with Crippen molar-refractivity contribution in [3.8, 4) is 12.3 Å². The second-order valence-corrected chi connectivity index (χ2v) is 3.59. The molecule has 1 fully saturated rings. The third-order valence-corrected chi connectivity index (χ3v) is 2.39. The summed E-state index contributed by atoms with van der Waals surface area (Å²) in [5.74, 6) is 2.38. The lowest BCUT2D eigenvalue weighted by molar-refractivity contribution is -0.127. The number of imide groups is 1. The average Bonchev–Trinajstić information content (AvgIpc) is 2.46. The Balaban J connectivity index is 2.48. The Morgan fingerprint density at radius 3 is 2.87 bits per heavy atom. The second kappa shape index (κ2) is 5.40. The molecule has 0 radical (unpaired) electrons. The Hall–Kier alpha value is -1.50. The van der Waals surface area contributed by atoms with Crippen molar-refractivity contribution in [2.24, 2.45) is 0 Å². The van der Waals surface area contributed by atoms with Crippen molar-refractivity contribution in [1.82, 2.24) is 10.2 Å². The van der Waals surface area contributed by atoms with Gasteiger partial charge in [-0.2, -0.15) is 0 Å². The molecule has 1 aliphatic heterocycles. The van der Waals surface area contributed by atoms with Crippen LogP contribution in [0.2, 0.25) is 0 Å². The lowest BCUT2D eigenvalue weighted by Crippen LogP contribution is -2.32. The standard InChI is InChI=1S/C11H16N2O2/c1-3-5-6-8-13-10(14)9(7-4-2)12-11(13)15/h1,9H,4-8H2,2H3,(H,12,15). The molecule has 0 spiro atoms. The van der Waals surface area contributed by atoms with E-state index in [2.05, 4.69) is 11.2 Å². The van der Waals surface area contributed by atoms with Crippen LogP contribution in [-0.2, 0) is 4.79 Å². The van der Waals surface area contributed by atoms with Crippen LogP contribution in [0.4, 0.5) is 4.79 Å². The zero-order chi connectivity index (χ0) is 11.3. The van der Waals surface area contributed by atoms with E-state index in [9.17, 15) is 9.59 Å². The summed E-state index contributed by atoms with van der Waals surface area (Å²) in [7, 11) is 0. The minimum Gasteiger partial charge on any atom is -0.326 e. The number of nitrogens with zero attached hydrogens (tertiary/aromatic N) is 1. The van der Waals surface area contributed by atoms with Crippen molar-refractivity contribution in [3.63, 3.8) is 0 Å². The van der Waals surface area contributed by atoms with Crippen LogP contribution in [-0.4, -0.2) is 29.4 Å². The Morgan fingerprint density at radius 2 is 2.27 bits per heavy atom. The van der Waals surface area contributed by atoms with Crippen LogP contribution in [0.15, 0.2) is 0 Å². The molecule has 0 aromatic carbocycles. The Labute approximate surface area is 90.0 Å². The molecule has 0 aliphatic carbocycles. The molecule has 0 saturated carbocycles. The summed E-state index contributed by atoms with van der Waals surface area (Å²) in [6, 6.07) is -0.608. The molecule has 3 amide bonds. The minimum absolute atomic E-state index is 0.112. The van der Waals surface area contributed by atoms with Gasteiger partial charge in [-0.1, -0.05) is 13.3 Å². The molecule has 1 unspecified atom stereocenters. The molecular weight excluding hydrogens is 192 g/mol. The molecule has 1 saturated heterocycles. The molecule has 4 nitrogen and oxygen atoms in total. The first-order valence-corrected chi connectivity index (χ1v) is 5.26. The number of unbranched alkanes of at least 4 members (excludes halogenated alkanes) is 1. The zero-order valence-corrected chi connectivity index (χ0v) is 8.95. The Morgan fingerprint density at radius 1 is 1.53 bits per heavy atom. The lowest BCUT2D eigenvalue weighted by atomic mass is 10.1. The predicted molar refractivity (Wildman–Crippen MR) is 57.0 cm³/mol. The van der Waals surface area contributed by atoms with Gasteiger partial charge in [-0.15, -0.1) is 12.3 Å². The van der Waals surface area contributed by atoms with Crippen LogP contribution in [0.1, 0.15) is 32.6 Å². The van der Waals surface area contributed by atoms with Gasteiger partial charge in [-0.25, -0.2) is 4.79 Å². The fraction of sp³-hybridized carbons (Fsp3) is 0.636. The first-order valence-electron chi connectivity index (χ1n) is 5.26. The smallest absolute Gasteiger partial charge is 0.324 e. The number of carbonyl (C=O) groups excluding carboxylic acids is 2. The van der Waals surface area contributed by atoms with Gasteiger partial charge in [0, 0.05) is 13.0 Å². The number of nitrogens with one attached hydrogen (secondary N) is 1. The minimum atomic E-state index is -0.326. The summed E-state index contributed by atoms with van der Waals surface area (Å²) in [6.45, 7) is 2.41. The molecule has 1 aliphatic rings. The monoisotopic (exact) mass is 208 g/mol. The van der Waals surface area contributed by atoms with Crippen LogP contribution in [0, 0.1) is 12.3 Å². The highest BCUT2D eigenvalue weighted by molar-refractivity contribution is 6.04. The third-order valence-electron chi connectivity index (χ3n) is 2.39. The van der Waals surface area contributed by atoms with Crippen molar-refractivity contribution in [3.05, 3.63) is 0 Å². The molecule has 0 aromatic rings. The van der Waals surface area contributed by atoms with E-state index in [0.29, 0.717) is 25.8 Å².